The summed E-state index contributed by atoms with van der Waals surface area (Å²) in [6, 6.07) is 17.0. The van der Waals surface area contributed by atoms with Crippen molar-refractivity contribution in [1.82, 2.24) is 9.97 Å². The van der Waals surface area contributed by atoms with Gasteiger partial charge in [-0.25, -0.2) is 9.97 Å². The zero-order chi connectivity index (χ0) is 19.9. The average Bonchev–Trinajstić information content (AvgIpc) is 2.73. The molecule has 3 aromatic rings. The molecule has 144 valence electrons. The molecule has 0 spiro atoms. The molecule has 0 fully saturated rings. The number of aromatic hydroxyl groups is 1. The van der Waals surface area contributed by atoms with Gasteiger partial charge >= 0.3 is 0 Å². The number of rotatable bonds is 7. The first-order chi connectivity index (χ1) is 13.6. The molecule has 1 amide bonds. The highest BCUT2D eigenvalue weighted by Crippen LogP contribution is 2.23. The molecule has 1 atom stereocenters. The average molecular weight is 375 g/mol. The van der Waals surface area contributed by atoms with E-state index in [9.17, 15) is 9.90 Å². The predicted molar refractivity (Wildman–Crippen MR) is 111 cm³/mol. The van der Waals surface area contributed by atoms with Crippen LogP contribution in [-0.4, -0.2) is 21.0 Å². The van der Waals surface area contributed by atoms with E-state index in [1.165, 1.54) is 5.56 Å². The highest BCUT2D eigenvalue weighted by atomic mass is 16.3. The Bertz CT molecular complexity index is 924. The van der Waals surface area contributed by atoms with Crippen LogP contribution in [0.3, 0.4) is 0 Å². The quantitative estimate of drug-likeness (QED) is 0.632. The highest BCUT2D eigenvalue weighted by molar-refractivity contribution is 5.91. The Morgan fingerprint density at radius 3 is 2.46 bits per heavy atom. The van der Waals surface area contributed by atoms with Crippen LogP contribution in [0.25, 0.3) is 11.3 Å². The van der Waals surface area contributed by atoms with E-state index in [0.717, 1.165) is 24.1 Å². The molecule has 0 bridgehead atoms. The second-order valence-electron chi connectivity index (χ2n) is 6.88. The van der Waals surface area contributed by atoms with E-state index in [1.807, 2.05) is 32.0 Å². The molecular formula is C23H25N3O2. The lowest BCUT2D eigenvalue weighted by Gasteiger charge is -2.14. The normalized spacial score (nSPS) is 11.8. The summed E-state index contributed by atoms with van der Waals surface area (Å²) in [5.41, 5.74) is 3.54. The summed E-state index contributed by atoms with van der Waals surface area (Å²) in [5, 5.41) is 12.4. The number of aryl methyl sites for hydroxylation is 2. The van der Waals surface area contributed by atoms with E-state index in [-0.39, 0.29) is 17.6 Å². The third-order valence-corrected chi connectivity index (χ3v) is 4.80. The molecule has 3 rings (SSSR count). The molecule has 0 aliphatic rings. The molecule has 0 aliphatic carbocycles. The molecule has 0 saturated heterocycles. The minimum Gasteiger partial charge on any atom is -0.508 e. The first-order valence-corrected chi connectivity index (χ1v) is 9.57. The number of nitrogens with zero attached hydrogens (tertiary/aromatic N) is 2. The van der Waals surface area contributed by atoms with Crippen LogP contribution < -0.4 is 5.32 Å². The van der Waals surface area contributed by atoms with Gasteiger partial charge in [-0.1, -0.05) is 44.2 Å². The fourth-order valence-electron chi connectivity index (χ4n) is 2.81. The molecule has 1 unspecified atom stereocenters. The molecule has 2 N–H and O–H groups in total. The summed E-state index contributed by atoms with van der Waals surface area (Å²) in [6.45, 7) is 3.89. The number of nitrogens with one attached hydrogen (secondary N) is 1. The van der Waals surface area contributed by atoms with Gasteiger partial charge in [0.05, 0.1) is 17.6 Å². The van der Waals surface area contributed by atoms with Gasteiger partial charge in [0.25, 0.3) is 0 Å². The number of amides is 1. The van der Waals surface area contributed by atoms with Gasteiger partial charge in [0.2, 0.25) is 5.91 Å². The standard InChI is InChI=1S/C23H25N3O2/c1-3-16(2)23(28)26-22-20(14-9-17-7-5-4-6-8-17)25-21(15-24-22)18-10-12-19(27)13-11-18/h4-8,10-13,15-16,27H,3,9,14H2,1-2H3,(H,24,26,28). The van der Waals surface area contributed by atoms with Crippen LogP contribution in [0.15, 0.2) is 60.8 Å². The number of phenols is 1. The monoisotopic (exact) mass is 375 g/mol. The first kappa shape index (κ1) is 19.5. The molecule has 5 nitrogen and oxygen atoms in total. The van der Waals surface area contributed by atoms with Crippen molar-refractivity contribution in [1.29, 1.82) is 0 Å². The van der Waals surface area contributed by atoms with Crippen LogP contribution >= 0.6 is 0 Å². The minimum atomic E-state index is -0.0828. The maximum atomic E-state index is 12.4. The summed E-state index contributed by atoms with van der Waals surface area (Å²) in [4.78, 5) is 21.6. The molecule has 1 heterocycles. The number of phenolic OH excluding ortho intramolecular Hbond substituents is 1. The van der Waals surface area contributed by atoms with Gasteiger partial charge in [-0.2, -0.15) is 0 Å². The summed E-state index contributed by atoms with van der Waals surface area (Å²) in [5.74, 6) is 0.595. The zero-order valence-corrected chi connectivity index (χ0v) is 16.2. The lowest BCUT2D eigenvalue weighted by molar-refractivity contribution is -0.119. The Morgan fingerprint density at radius 1 is 1.07 bits per heavy atom. The predicted octanol–water partition coefficient (Wildman–Crippen LogP) is 4.62. The lowest BCUT2D eigenvalue weighted by atomic mass is 10.1. The number of anilines is 1. The van der Waals surface area contributed by atoms with Crippen molar-refractivity contribution in [2.45, 2.75) is 33.1 Å². The number of carbonyl (C=O) groups excluding carboxylic acids is 1. The summed E-state index contributed by atoms with van der Waals surface area (Å²) >= 11 is 0. The number of aromatic nitrogens is 2. The zero-order valence-electron chi connectivity index (χ0n) is 16.2. The number of carbonyl (C=O) groups is 1. The van der Waals surface area contributed by atoms with E-state index in [2.05, 4.69) is 22.4 Å². The smallest absolute Gasteiger partial charge is 0.228 e. The molecule has 5 heteroatoms. The maximum Gasteiger partial charge on any atom is 0.228 e. The van der Waals surface area contributed by atoms with Gasteiger partial charge in [0, 0.05) is 11.5 Å². The molecule has 0 saturated carbocycles. The van der Waals surface area contributed by atoms with Crippen molar-refractivity contribution in [3.05, 3.63) is 72.1 Å². The Balaban J connectivity index is 1.89. The SMILES string of the molecule is CCC(C)C(=O)Nc1ncc(-c2ccc(O)cc2)nc1CCc1ccccc1. The lowest BCUT2D eigenvalue weighted by Crippen LogP contribution is -2.22. The van der Waals surface area contributed by atoms with Crippen LogP contribution in [-0.2, 0) is 17.6 Å². The Kier molecular flexibility index (Phi) is 6.37. The van der Waals surface area contributed by atoms with Crippen molar-refractivity contribution in [2.24, 2.45) is 5.92 Å². The van der Waals surface area contributed by atoms with Crippen LogP contribution in [0, 0.1) is 5.92 Å². The molecular weight excluding hydrogens is 350 g/mol. The van der Waals surface area contributed by atoms with Gasteiger partial charge < -0.3 is 10.4 Å². The Morgan fingerprint density at radius 2 is 1.79 bits per heavy atom. The first-order valence-electron chi connectivity index (χ1n) is 9.57. The van der Waals surface area contributed by atoms with E-state index >= 15 is 0 Å². The van der Waals surface area contributed by atoms with E-state index in [0.29, 0.717) is 17.9 Å². The summed E-state index contributed by atoms with van der Waals surface area (Å²) in [7, 11) is 0. The van der Waals surface area contributed by atoms with Crippen molar-refractivity contribution < 1.29 is 9.90 Å². The number of hydrogen-bond acceptors (Lipinski definition) is 4. The Hall–Kier alpha value is -3.21. The fourth-order valence-corrected chi connectivity index (χ4v) is 2.81. The molecule has 28 heavy (non-hydrogen) atoms. The second kappa shape index (κ2) is 9.13. The van der Waals surface area contributed by atoms with Gasteiger partial charge in [0.1, 0.15) is 5.75 Å². The van der Waals surface area contributed by atoms with Crippen molar-refractivity contribution >= 4 is 11.7 Å². The second-order valence-corrected chi connectivity index (χ2v) is 6.88. The summed E-state index contributed by atoms with van der Waals surface area (Å²) in [6.07, 6.45) is 3.90. The van der Waals surface area contributed by atoms with Crippen molar-refractivity contribution in [2.75, 3.05) is 5.32 Å². The van der Waals surface area contributed by atoms with Gasteiger partial charge in [0.15, 0.2) is 5.82 Å². The largest absolute Gasteiger partial charge is 0.508 e. The van der Waals surface area contributed by atoms with E-state index < -0.39 is 0 Å². The van der Waals surface area contributed by atoms with Crippen LogP contribution in [0.2, 0.25) is 0 Å². The molecule has 0 radical (unpaired) electrons. The van der Waals surface area contributed by atoms with Gasteiger partial charge in [-0.3, -0.25) is 4.79 Å². The van der Waals surface area contributed by atoms with Crippen LogP contribution in [0.5, 0.6) is 5.75 Å². The highest BCUT2D eigenvalue weighted by Gasteiger charge is 2.16. The van der Waals surface area contributed by atoms with Crippen molar-refractivity contribution in [3.63, 3.8) is 0 Å². The molecule has 1 aromatic heterocycles. The fraction of sp³-hybridized carbons (Fsp3) is 0.261. The van der Waals surface area contributed by atoms with Gasteiger partial charge in [-0.05, 0) is 49.1 Å². The maximum absolute atomic E-state index is 12.4. The number of benzene rings is 2. The third-order valence-electron chi connectivity index (χ3n) is 4.80. The van der Waals surface area contributed by atoms with E-state index in [4.69, 9.17) is 4.98 Å². The molecule has 2 aromatic carbocycles. The van der Waals surface area contributed by atoms with Crippen LogP contribution in [0.1, 0.15) is 31.5 Å². The topological polar surface area (TPSA) is 75.1 Å². The van der Waals surface area contributed by atoms with E-state index in [1.54, 1.807) is 30.5 Å². The summed E-state index contributed by atoms with van der Waals surface area (Å²) < 4.78 is 0. The Labute approximate surface area is 165 Å². The molecule has 0 aliphatic heterocycles. The number of hydrogen-bond donors (Lipinski definition) is 2. The third kappa shape index (κ3) is 4.94. The van der Waals surface area contributed by atoms with Crippen molar-refractivity contribution in [3.8, 4) is 17.0 Å². The minimum absolute atomic E-state index is 0.0462. The van der Waals surface area contributed by atoms with Gasteiger partial charge in [-0.15, -0.1) is 0 Å². The van der Waals surface area contributed by atoms with Crippen LogP contribution in [0.4, 0.5) is 5.82 Å².